The number of nitrogens with zero attached hydrogens (tertiary/aromatic N) is 1. The topological polar surface area (TPSA) is 110 Å². The van der Waals surface area contributed by atoms with Crippen LogP contribution in [0.2, 0.25) is 0 Å². The molecule has 4 saturated heterocycles. The minimum Gasteiger partial charge on any atom is -0.460 e. The molecule has 4 aliphatic rings. The van der Waals surface area contributed by atoms with Crippen molar-refractivity contribution < 1.29 is 33.8 Å². The van der Waals surface area contributed by atoms with Gasteiger partial charge < -0.3 is 19.5 Å². The highest BCUT2D eigenvalue weighted by Crippen LogP contribution is 2.51. The van der Waals surface area contributed by atoms with Crippen molar-refractivity contribution in [2.75, 3.05) is 6.54 Å². The monoisotopic (exact) mass is 421 g/mol. The third-order valence-corrected chi connectivity index (χ3v) is 7.66. The van der Waals surface area contributed by atoms with Crippen LogP contribution in [0, 0.1) is 23.7 Å². The van der Waals surface area contributed by atoms with E-state index >= 15 is 0 Å². The number of amides is 1. The van der Waals surface area contributed by atoms with Gasteiger partial charge in [0.1, 0.15) is 11.9 Å². The number of ketones is 1. The first kappa shape index (κ1) is 21.3. The van der Waals surface area contributed by atoms with E-state index in [-0.39, 0.29) is 30.0 Å². The number of carbonyl (C=O) groups is 4. The van der Waals surface area contributed by atoms with E-state index < -0.39 is 47.6 Å². The van der Waals surface area contributed by atoms with E-state index in [0.29, 0.717) is 38.6 Å². The summed E-state index contributed by atoms with van der Waals surface area (Å²) in [4.78, 5) is 52.8. The molecule has 8 atom stereocenters. The summed E-state index contributed by atoms with van der Waals surface area (Å²) < 4.78 is 11.3. The highest BCUT2D eigenvalue weighted by atomic mass is 16.6. The molecular weight excluding hydrogens is 390 g/mol. The largest absolute Gasteiger partial charge is 0.460 e. The van der Waals surface area contributed by atoms with Crippen LogP contribution in [0.5, 0.6) is 0 Å². The molecular formula is C22H31NO7. The van der Waals surface area contributed by atoms with Gasteiger partial charge in [-0.15, -0.1) is 0 Å². The third-order valence-electron chi connectivity index (χ3n) is 7.66. The number of Topliss-reactive ketones (excluding diaryl/α,β-unsaturated/α-hetero) is 1. The molecule has 166 valence electrons. The number of esters is 2. The Morgan fingerprint density at radius 3 is 2.50 bits per heavy atom. The van der Waals surface area contributed by atoms with Crippen molar-refractivity contribution in [3.8, 4) is 0 Å². The molecule has 4 aliphatic heterocycles. The lowest BCUT2D eigenvalue weighted by molar-refractivity contribution is -0.164. The van der Waals surface area contributed by atoms with Crippen molar-refractivity contribution in [1.29, 1.82) is 0 Å². The summed E-state index contributed by atoms with van der Waals surface area (Å²) in [5.41, 5.74) is -1.50. The second-order valence-electron chi connectivity index (χ2n) is 9.44. The second kappa shape index (κ2) is 7.62. The summed E-state index contributed by atoms with van der Waals surface area (Å²) >= 11 is 0. The van der Waals surface area contributed by atoms with Crippen LogP contribution in [0.1, 0.15) is 59.3 Å². The summed E-state index contributed by atoms with van der Waals surface area (Å²) in [7, 11) is 0. The SMILES string of the molecule is CC[C@@H]1C(=O)CCCCN2C(=O)[C@@]3(C[C@H]2[C@@H]2C[C@H](C)C(=O)O2)OC(=O)[C@H](C)[C@H]3[C@H]1O. The summed E-state index contributed by atoms with van der Waals surface area (Å²) in [5, 5.41) is 11.3. The average Bonchev–Trinajstić information content (AvgIpc) is 3.25. The van der Waals surface area contributed by atoms with Crippen LogP contribution in [0.25, 0.3) is 0 Å². The van der Waals surface area contributed by atoms with E-state index in [1.807, 2.05) is 6.92 Å². The molecule has 0 aromatic heterocycles. The second-order valence-corrected chi connectivity index (χ2v) is 9.44. The Morgan fingerprint density at radius 2 is 1.87 bits per heavy atom. The van der Waals surface area contributed by atoms with Crippen LogP contribution >= 0.6 is 0 Å². The van der Waals surface area contributed by atoms with Gasteiger partial charge in [-0.2, -0.15) is 0 Å². The van der Waals surface area contributed by atoms with Crippen LogP contribution in [-0.4, -0.2) is 64.0 Å². The third kappa shape index (κ3) is 3.06. The van der Waals surface area contributed by atoms with Gasteiger partial charge in [0.05, 0.1) is 24.0 Å². The molecule has 8 nitrogen and oxygen atoms in total. The highest BCUT2D eigenvalue weighted by molar-refractivity contribution is 5.95. The van der Waals surface area contributed by atoms with Crippen molar-refractivity contribution >= 4 is 23.6 Å². The Morgan fingerprint density at radius 1 is 1.13 bits per heavy atom. The Bertz CT molecular complexity index is 767. The van der Waals surface area contributed by atoms with E-state index in [1.54, 1.807) is 18.7 Å². The normalized spacial score (nSPS) is 44.5. The molecule has 2 bridgehead atoms. The molecule has 4 rings (SSSR count). The van der Waals surface area contributed by atoms with Gasteiger partial charge in [-0.3, -0.25) is 19.2 Å². The summed E-state index contributed by atoms with van der Waals surface area (Å²) in [6, 6.07) is -0.394. The quantitative estimate of drug-likeness (QED) is 0.668. The highest BCUT2D eigenvalue weighted by Gasteiger charge is 2.68. The Hall–Kier alpha value is -1.96. The zero-order chi connectivity index (χ0) is 21.8. The van der Waals surface area contributed by atoms with Crippen LogP contribution in [0.15, 0.2) is 0 Å². The van der Waals surface area contributed by atoms with Crippen molar-refractivity contribution in [3.63, 3.8) is 0 Å². The minimum absolute atomic E-state index is 0.0259. The Kier molecular flexibility index (Phi) is 5.41. The van der Waals surface area contributed by atoms with Gasteiger partial charge in [0, 0.05) is 31.2 Å². The Labute approximate surface area is 176 Å². The molecule has 8 heteroatoms. The van der Waals surface area contributed by atoms with Crippen LogP contribution in [0.4, 0.5) is 0 Å². The van der Waals surface area contributed by atoms with E-state index in [0.717, 1.165) is 0 Å². The predicted octanol–water partition coefficient (Wildman–Crippen LogP) is 1.23. The molecule has 1 N–H and O–H groups in total. The number of aliphatic hydroxyl groups is 1. The van der Waals surface area contributed by atoms with Crippen LogP contribution in [-0.2, 0) is 28.7 Å². The zero-order valence-electron chi connectivity index (χ0n) is 17.8. The number of cyclic esters (lactones) is 1. The van der Waals surface area contributed by atoms with E-state index in [1.165, 1.54) is 0 Å². The number of carbonyl (C=O) groups excluding carboxylic acids is 4. The maximum Gasteiger partial charge on any atom is 0.310 e. The molecule has 0 saturated carbocycles. The predicted molar refractivity (Wildman–Crippen MR) is 104 cm³/mol. The number of fused-ring (bicyclic) bond motifs is 1. The fraction of sp³-hybridized carbons (Fsp3) is 0.818. The molecule has 0 aliphatic carbocycles. The number of aliphatic hydroxyl groups excluding tert-OH is 1. The molecule has 1 amide bonds. The average molecular weight is 421 g/mol. The van der Waals surface area contributed by atoms with Crippen molar-refractivity contribution in [1.82, 2.24) is 4.90 Å². The fourth-order valence-corrected chi connectivity index (χ4v) is 6.00. The lowest BCUT2D eigenvalue weighted by atomic mass is 9.71. The molecule has 4 fully saturated rings. The van der Waals surface area contributed by atoms with Gasteiger partial charge in [-0.05, 0) is 25.7 Å². The lowest BCUT2D eigenvalue weighted by Crippen LogP contribution is -2.52. The van der Waals surface area contributed by atoms with Crippen molar-refractivity contribution in [2.24, 2.45) is 23.7 Å². The summed E-state index contributed by atoms with van der Waals surface area (Å²) in [6.45, 7) is 5.71. The van der Waals surface area contributed by atoms with Gasteiger partial charge in [0.2, 0.25) is 0 Å². The Balaban J connectivity index is 1.76. The van der Waals surface area contributed by atoms with E-state index in [2.05, 4.69) is 0 Å². The molecule has 1 spiro atoms. The number of rotatable bonds is 2. The lowest BCUT2D eigenvalue weighted by Gasteiger charge is -2.34. The van der Waals surface area contributed by atoms with Crippen molar-refractivity contribution in [2.45, 2.75) is 83.1 Å². The smallest absolute Gasteiger partial charge is 0.310 e. The first-order valence-corrected chi connectivity index (χ1v) is 11.2. The molecule has 0 unspecified atom stereocenters. The van der Waals surface area contributed by atoms with Crippen LogP contribution in [0.3, 0.4) is 0 Å². The summed E-state index contributed by atoms with van der Waals surface area (Å²) in [6.07, 6.45) is 1.11. The molecule has 0 aromatic carbocycles. The van der Waals surface area contributed by atoms with E-state index in [9.17, 15) is 24.3 Å². The van der Waals surface area contributed by atoms with Gasteiger partial charge in [-0.1, -0.05) is 20.8 Å². The number of ether oxygens (including phenoxy) is 2. The molecule has 30 heavy (non-hydrogen) atoms. The molecule has 0 aromatic rings. The van der Waals surface area contributed by atoms with Gasteiger partial charge in [0.15, 0.2) is 5.60 Å². The van der Waals surface area contributed by atoms with Gasteiger partial charge in [-0.25, -0.2) is 0 Å². The summed E-state index contributed by atoms with van der Waals surface area (Å²) in [5.74, 6) is -3.52. The maximum absolute atomic E-state index is 13.7. The standard InChI is InChI=1S/C22H31NO7/c1-4-13-15(24)7-5-6-8-23-14(16-9-11(2)19(26)29-16)10-22(21(23)28)17(18(13)25)12(3)20(27)30-22/h11-14,16-18,25H,4-10H2,1-3H3/t11-,12+,13+,14-,16-,17-,18-,22-/m0/s1. The first-order chi connectivity index (χ1) is 14.2. The maximum atomic E-state index is 13.7. The van der Waals surface area contributed by atoms with Crippen molar-refractivity contribution in [3.05, 3.63) is 0 Å². The van der Waals surface area contributed by atoms with Gasteiger partial charge >= 0.3 is 11.9 Å². The molecule has 0 radical (unpaired) electrons. The number of hydrogen-bond acceptors (Lipinski definition) is 7. The number of hydrogen-bond donors (Lipinski definition) is 1. The van der Waals surface area contributed by atoms with E-state index in [4.69, 9.17) is 9.47 Å². The van der Waals surface area contributed by atoms with Gasteiger partial charge in [0.25, 0.3) is 5.91 Å². The van der Waals surface area contributed by atoms with Crippen LogP contribution < -0.4 is 0 Å². The first-order valence-electron chi connectivity index (χ1n) is 11.2. The molecule has 4 heterocycles. The fourth-order valence-electron chi connectivity index (χ4n) is 6.00. The zero-order valence-corrected chi connectivity index (χ0v) is 17.8. The minimum atomic E-state index is -1.50.